The number of hydrogen-bond donors (Lipinski definition) is 2. The minimum absolute atomic E-state index is 0.0988. The molecule has 7 nitrogen and oxygen atoms in total. The third-order valence-electron chi connectivity index (χ3n) is 3.90. The van der Waals surface area contributed by atoms with Gasteiger partial charge in [0.15, 0.2) is 0 Å². The Kier molecular flexibility index (Phi) is 9.66. The molecule has 0 unspecified atom stereocenters. The first kappa shape index (κ1) is 25.0. The third kappa shape index (κ3) is 8.46. The number of hydrazine groups is 1. The summed E-state index contributed by atoms with van der Waals surface area (Å²) < 4.78 is 80.8. The van der Waals surface area contributed by atoms with E-state index in [1.807, 2.05) is 19.3 Å². The number of halogens is 6. The molecule has 0 fully saturated rings. The molecule has 3 N–H and O–H groups in total. The van der Waals surface area contributed by atoms with Crippen molar-refractivity contribution in [3.05, 3.63) is 0 Å². The fourth-order valence-corrected chi connectivity index (χ4v) is 2.45. The van der Waals surface area contributed by atoms with Gasteiger partial charge in [0.05, 0.1) is 0 Å². The molecule has 168 valence electrons. The maximum Gasteiger partial charge on any atom is 0.434 e. The zero-order chi connectivity index (χ0) is 22.1. The first-order valence-corrected chi connectivity index (χ1v) is 9.30. The number of alkyl halides is 6. The van der Waals surface area contributed by atoms with Crippen molar-refractivity contribution in [2.45, 2.75) is 70.8 Å². The zero-order valence-electron chi connectivity index (χ0n) is 16.3. The van der Waals surface area contributed by atoms with Crippen molar-refractivity contribution >= 4 is 11.9 Å². The summed E-state index contributed by atoms with van der Waals surface area (Å²) in [4.78, 5) is 12.7. The van der Waals surface area contributed by atoms with Gasteiger partial charge in [-0.1, -0.05) is 39.5 Å². The molecule has 29 heavy (non-hydrogen) atoms. The summed E-state index contributed by atoms with van der Waals surface area (Å²) in [6.07, 6.45) is -10.3. The summed E-state index contributed by atoms with van der Waals surface area (Å²) in [7, 11) is 0. The van der Waals surface area contributed by atoms with E-state index >= 15 is 0 Å². The van der Waals surface area contributed by atoms with Crippen molar-refractivity contribution in [1.29, 1.82) is 0 Å². The topological polar surface area (TPSA) is 89.2 Å². The van der Waals surface area contributed by atoms with Gasteiger partial charge < -0.3 is 9.64 Å². The summed E-state index contributed by atoms with van der Waals surface area (Å²) in [5.41, 5.74) is 2.02. The van der Waals surface area contributed by atoms with Crippen LogP contribution in [0.2, 0.25) is 0 Å². The van der Waals surface area contributed by atoms with E-state index in [-0.39, 0.29) is 5.95 Å². The molecule has 0 saturated heterocycles. The van der Waals surface area contributed by atoms with Gasteiger partial charge in [-0.2, -0.15) is 41.3 Å². The predicted octanol–water partition coefficient (Wildman–Crippen LogP) is 4.22. The van der Waals surface area contributed by atoms with Crippen molar-refractivity contribution in [3.63, 3.8) is 0 Å². The van der Waals surface area contributed by atoms with Crippen LogP contribution in [0.15, 0.2) is 0 Å². The van der Waals surface area contributed by atoms with Gasteiger partial charge in [0, 0.05) is 13.1 Å². The monoisotopic (exact) mass is 432 g/mol. The van der Waals surface area contributed by atoms with E-state index in [9.17, 15) is 26.3 Å². The smallest absolute Gasteiger partial charge is 0.434 e. The number of nitrogen functional groups attached to an aromatic ring is 1. The second-order valence-electron chi connectivity index (χ2n) is 6.37. The van der Waals surface area contributed by atoms with E-state index in [1.54, 1.807) is 4.90 Å². The standard InChI is InChI=1S/C16H26F6N6O/c1-3-5-7-9-28(10-8-6-4-2)13-24-12(27-23)25-14(26-13)29-11(15(17,18)19)16(20,21)22/h11H,3-10,23H2,1-2H3,(H,24,25,26,27). The number of hydrogen-bond acceptors (Lipinski definition) is 7. The lowest BCUT2D eigenvalue weighted by Crippen LogP contribution is -2.47. The van der Waals surface area contributed by atoms with Crippen molar-refractivity contribution in [1.82, 2.24) is 15.0 Å². The highest BCUT2D eigenvalue weighted by Gasteiger charge is 2.59. The molecule has 0 aliphatic rings. The van der Waals surface area contributed by atoms with Gasteiger partial charge in [0.1, 0.15) is 0 Å². The summed E-state index contributed by atoms with van der Waals surface area (Å²) in [6, 6.07) is -1.11. The molecule has 0 aliphatic heterocycles. The molecule has 0 aromatic carbocycles. The van der Waals surface area contributed by atoms with Gasteiger partial charge in [-0.15, -0.1) is 0 Å². The van der Waals surface area contributed by atoms with Crippen LogP contribution in [-0.2, 0) is 0 Å². The molecule has 0 amide bonds. The molecule has 0 aliphatic carbocycles. The van der Waals surface area contributed by atoms with Crippen LogP contribution in [0.25, 0.3) is 0 Å². The first-order valence-electron chi connectivity index (χ1n) is 9.30. The van der Waals surface area contributed by atoms with E-state index in [4.69, 9.17) is 5.84 Å². The van der Waals surface area contributed by atoms with E-state index < -0.39 is 30.4 Å². The Morgan fingerprint density at radius 1 is 0.897 bits per heavy atom. The largest absolute Gasteiger partial charge is 0.440 e. The van der Waals surface area contributed by atoms with Crippen LogP contribution in [-0.4, -0.2) is 46.5 Å². The highest BCUT2D eigenvalue weighted by atomic mass is 19.4. The van der Waals surface area contributed by atoms with E-state index in [1.165, 1.54) is 0 Å². The van der Waals surface area contributed by atoms with Gasteiger partial charge in [-0.3, -0.25) is 5.43 Å². The molecule has 13 heteroatoms. The number of unbranched alkanes of at least 4 members (excludes halogenated alkanes) is 4. The Bertz CT molecular complexity index is 589. The van der Waals surface area contributed by atoms with Crippen LogP contribution in [0.1, 0.15) is 52.4 Å². The molecule has 0 spiro atoms. The van der Waals surface area contributed by atoms with Gasteiger partial charge in [0.25, 0.3) is 6.10 Å². The van der Waals surface area contributed by atoms with Crippen LogP contribution in [0, 0.1) is 0 Å². The van der Waals surface area contributed by atoms with Crippen molar-refractivity contribution in [2.24, 2.45) is 5.84 Å². The number of nitrogens with two attached hydrogens (primary N) is 1. The fraction of sp³-hybridized carbons (Fsp3) is 0.812. The van der Waals surface area contributed by atoms with Gasteiger partial charge in [0.2, 0.25) is 11.9 Å². The molecule has 0 saturated carbocycles. The normalized spacial score (nSPS) is 12.3. The van der Waals surface area contributed by atoms with E-state index in [2.05, 4.69) is 19.7 Å². The predicted molar refractivity (Wildman–Crippen MR) is 95.4 cm³/mol. The Labute approximate surface area is 165 Å². The van der Waals surface area contributed by atoms with Crippen LogP contribution < -0.4 is 20.9 Å². The lowest BCUT2D eigenvalue weighted by Gasteiger charge is -2.25. The Hall–Kier alpha value is -2.05. The molecule has 1 aromatic heterocycles. The number of nitrogens with zero attached hydrogens (tertiary/aromatic N) is 4. The fourth-order valence-electron chi connectivity index (χ4n) is 2.45. The summed E-state index contributed by atoms with van der Waals surface area (Å²) >= 11 is 0. The average molecular weight is 432 g/mol. The number of anilines is 2. The number of nitrogens with one attached hydrogen (secondary N) is 1. The molecule has 1 aromatic rings. The van der Waals surface area contributed by atoms with E-state index in [0.717, 1.165) is 38.5 Å². The summed E-state index contributed by atoms with van der Waals surface area (Å²) in [6.45, 7) is 4.96. The quantitative estimate of drug-likeness (QED) is 0.221. The number of ether oxygens (including phenoxy) is 1. The third-order valence-corrected chi connectivity index (χ3v) is 3.90. The number of aromatic nitrogens is 3. The van der Waals surface area contributed by atoms with Crippen molar-refractivity contribution in [3.8, 4) is 6.01 Å². The lowest BCUT2D eigenvalue weighted by atomic mass is 10.2. The summed E-state index contributed by atoms with van der Waals surface area (Å²) in [5.74, 6) is 4.71. The molecule has 1 rings (SSSR count). The SMILES string of the molecule is CCCCCN(CCCCC)c1nc(NN)nc(OC(C(F)(F)F)C(F)(F)F)n1. The van der Waals surface area contributed by atoms with Crippen LogP contribution in [0.4, 0.5) is 38.2 Å². The zero-order valence-corrected chi connectivity index (χ0v) is 16.3. The lowest BCUT2D eigenvalue weighted by molar-refractivity contribution is -0.301. The minimum atomic E-state index is -5.69. The second-order valence-corrected chi connectivity index (χ2v) is 6.37. The molecular formula is C16H26F6N6O. The molecule has 0 atom stereocenters. The molecule has 0 bridgehead atoms. The average Bonchev–Trinajstić information content (AvgIpc) is 2.63. The molecular weight excluding hydrogens is 406 g/mol. The Morgan fingerprint density at radius 2 is 1.41 bits per heavy atom. The Morgan fingerprint density at radius 3 is 1.83 bits per heavy atom. The highest BCUT2D eigenvalue weighted by Crippen LogP contribution is 2.36. The summed E-state index contributed by atoms with van der Waals surface area (Å²) in [5, 5.41) is 0. The van der Waals surface area contributed by atoms with Crippen LogP contribution >= 0.6 is 0 Å². The maximum atomic E-state index is 12.8. The second kappa shape index (κ2) is 11.2. The van der Waals surface area contributed by atoms with E-state index in [0.29, 0.717) is 13.1 Å². The van der Waals surface area contributed by atoms with Gasteiger partial charge in [-0.25, -0.2) is 5.84 Å². The first-order chi connectivity index (χ1) is 13.5. The number of rotatable bonds is 12. The van der Waals surface area contributed by atoms with Crippen LogP contribution in [0.3, 0.4) is 0 Å². The minimum Gasteiger partial charge on any atom is -0.440 e. The van der Waals surface area contributed by atoms with Gasteiger partial charge >= 0.3 is 18.4 Å². The van der Waals surface area contributed by atoms with Crippen molar-refractivity contribution in [2.75, 3.05) is 23.4 Å². The van der Waals surface area contributed by atoms with Gasteiger partial charge in [-0.05, 0) is 12.8 Å². The van der Waals surface area contributed by atoms with Crippen molar-refractivity contribution < 1.29 is 31.1 Å². The maximum absolute atomic E-state index is 12.8. The molecule has 0 radical (unpaired) electrons. The Balaban J connectivity index is 3.18. The highest BCUT2D eigenvalue weighted by molar-refractivity contribution is 5.37. The van der Waals surface area contributed by atoms with Crippen LogP contribution in [0.5, 0.6) is 6.01 Å². The molecule has 1 heterocycles.